The van der Waals surface area contributed by atoms with Crippen LogP contribution >= 0.6 is 15.9 Å². The van der Waals surface area contributed by atoms with Crippen LogP contribution < -0.4 is 17.1 Å². The van der Waals surface area contributed by atoms with Crippen molar-refractivity contribution in [1.82, 2.24) is 29.5 Å². The summed E-state index contributed by atoms with van der Waals surface area (Å²) in [5.41, 5.74) is 5.59. The summed E-state index contributed by atoms with van der Waals surface area (Å²) in [5, 5.41) is 7.98. The summed E-state index contributed by atoms with van der Waals surface area (Å²) in [4.78, 5) is 19.1. The van der Waals surface area contributed by atoms with E-state index in [1.54, 1.807) is 32.4 Å². The molecule has 0 aliphatic carbocycles. The normalized spacial score (nSPS) is 17.2. The fourth-order valence-corrected chi connectivity index (χ4v) is 3.68. The minimum absolute atomic E-state index is 0.121. The van der Waals surface area contributed by atoms with Gasteiger partial charge in [0.15, 0.2) is 11.3 Å². The highest BCUT2D eigenvalue weighted by Crippen LogP contribution is 2.31. The molecule has 1 aliphatic heterocycles. The number of aromatic nitrogens is 4. The summed E-state index contributed by atoms with van der Waals surface area (Å²) in [7, 11) is 0. The lowest BCUT2D eigenvalue weighted by Gasteiger charge is -2.33. The fourth-order valence-electron chi connectivity index (χ4n) is 3.38. The third kappa shape index (κ3) is 2.94. The molecule has 1 atom stereocenters. The van der Waals surface area contributed by atoms with Crippen LogP contribution in [0, 0.1) is 0 Å². The van der Waals surface area contributed by atoms with Crippen molar-refractivity contribution in [2.75, 3.05) is 6.54 Å². The average Bonchev–Trinajstić information content (AvgIpc) is 3.27. The Morgan fingerprint density at radius 2 is 2.22 bits per heavy atom. The molecule has 4 heterocycles. The number of hydrogen-bond donors (Lipinski definition) is 3. The van der Waals surface area contributed by atoms with Gasteiger partial charge in [0, 0.05) is 37.4 Å². The molecule has 0 spiro atoms. The van der Waals surface area contributed by atoms with Crippen LogP contribution in [0.2, 0.25) is 0 Å². The summed E-state index contributed by atoms with van der Waals surface area (Å²) in [6.07, 6.45) is 7.97. The van der Waals surface area contributed by atoms with Gasteiger partial charge in [-0.15, -0.1) is 5.10 Å². The second kappa shape index (κ2) is 6.67. The van der Waals surface area contributed by atoms with Gasteiger partial charge in [-0.3, -0.25) is 14.8 Å². The van der Waals surface area contributed by atoms with Gasteiger partial charge in [0.1, 0.15) is 0 Å². The molecule has 3 aromatic heterocycles. The van der Waals surface area contributed by atoms with E-state index in [1.165, 1.54) is 0 Å². The highest BCUT2D eigenvalue weighted by atomic mass is 79.9. The first-order valence-corrected chi connectivity index (χ1v) is 9.08. The summed E-state index contributed by atoms with van der Waals surface area (Å²) < 4.78 is 4.10. The number of carbonyl (C=O) groups excluding carboxylic acids is 1. The van der Waals surface area contributed by atoms with E-state index in [-0.39, 0.29) is 11.9 Å². The van der Waals surface area contributed by atoms with Gasteiger partial charge in [-0.25, -0.2) is 15.3 Å². The smallest absolute Gasteiger partial charge is 0.274 e. The molecular weight excluding hydrogens is 414 g/mol. The van der Waals surface area contributed by atoms with E-state index in [2.05, 4.69) is 36.5 Å². The number of nitrogens with zero attached hydrogens (tertiary/aromatic N) is 6. The number of hydrogen-bond acceptors (Lipinski definition) is 6. The number of nitrogens with two attached hydrogens (primary N) is 2. The molecule has 0 saturated carbocycles. The van der Waals surface area contributed by atoms with Gasteiger partial charge >= 0.3 is 0 Å². The Labute approximate surface area is 162 Å². The lowest BCUT2D eigenvalue weighted by molar-refractivity contribution is 0.0672. The molecule has 5 N–H and O–H groups in total. The van der Waals surface area contributed by atoms with Crippen LogP contribution in [0.3, 0.4) is 0 Å². The van der Waals surface area contributed by atoms with Gasteiger partial charge in [-0.2, -0.15) is 5.10 Å². The topological polar surface area (TPSA) is 132 Å². The molecule has 0 fully saturated rings. The van der Waals surface area contributed by atoms with Gasteiger partial charge in [-0.1, -0.05) is 0 Å². The lowest BCUT2D eigenvalue weighted by Crippen LogP contribution is -2.38. The Hall–Kier alpha value is -2.92. The van der Waals surface area contributed by atoms with Crippen molar-refractivity contribution in [2.45, 2.75) is 19.4 Å². The van der Waals surface area contributed by atoms with Crippen LogP contribution in [-0.2, 0) is 6.42 Å². The maximum Gasteiger partial charge on any atom is 0.274 e. The lowest BCUT2D eigenvalue weighted by atomic mass is 9.98. The van der Waals surface area contributed by atoms with Crippen molar-refractivity contribution in [3.05, 3.63) is 52.1 Å². The summed E-state index contributed by atoms with van der Waals surface area (Å²) >= 11 is 3.36. The van der Waals surface area contributed by atoms with Crippen molar-refractivity contribution in [2.24, 2.45) is 16.8 Å². The molecule has 4 rings (SSSR count). The molecule has 11 heteroatoms. The van der Waals surface area contributed by atoms with Gasteiger partial charge in [0.05, 0.1) is 10.5 Å². The Balaban J connectivity index is 1.64. The van der Waals surface area contributed by atoms with Crippen LogP contribution in [0.1, 0.15) is 34.6 Å². The van der Waals surface area contributed by atoms with Crippen LogP contribution in [0.4, 0.5) is 0 Å². The van der Waals surface area contributed by atoms with Crippen LogP contribution in [0.25, 0.3) is 5.65 Å². The minimum Gasteiger partial charge on any atom is -0.330 e. The second-order valence-electron chi connectivity index (χ2n) is 6.27. The molecule has 0 bridgehead atoms. The molecule has 0 saturated heterocycles. The zero-order chi connectivity index (χ0) is 19.1. The van der Waals surface area contributed by atoms with Gasteiger partial charge in [-0.05, 0) is 40.4 Å². The molecule has 10 nitrogen and oxygen atoms in total. The van der Waals surface area contributed by atoms with E-state index in [9.17, 15) is 4.79 Å². The van der Waals surface area contributed by atoms with Crippen molar-refractivity contribution < 1.29 is 4.79 Å². The Bertz CT molecular complexity index is 1050. The first-order valence-electron chi connectivity index (χ1n) is 8.29. The third-order valence-electron chi connectivity index (χ3n) is 4.74. The van der Waals surface area contributed by atoms with Gasteiger partial charge in [0.25, 0.3) is 5.91 Å². The molecule has 0 radical (unpaired) electrons. The van der Waals surface area contributed by atoms with E-state index >= 15 is 0 Å². The number of amides is 1. The van der Waals surface area contributed by atoms with E-state index in [1.807, 2.05) is 19.3 Å². The maximum atomic E-state index is 13.1. The number of halogens is 1. The van der Waals surface area contributed by atoms with Crippen molar-refractivity contribution in [3.63, 3.8) is 0 Å². The monoisotopic (exact) mass is 431 g/mol. The predicted molar refractivity (Wildman–Crippen MR) is 103 cm³/mol. The average molecular weight is 432 g/mol. The first-order chi connectivity index (χ1) is 13.0. The number of carbonyl (C=O) groups is 1. The molecule has 1 amide bonds. The van der Waals surface area contributed by atoms with Crippen molar-refractivity contribution in [3.8, 4) is 0 Å². The van der Waals surface area contributed by atoms with E-state index < -0.39 is 0 Å². The number of fused-ring (bicyclic) bond motifs is 2. The largest absolute Gasteiger partial charge is 0.330 e. The number of rotatable bonds is 1. The van der Waals surface area contributed by atoms with E-state index in [4.69, 9.17) is 11.7 Å². The number of nitrogens with one attached hydrogen (secondary N) is 1. The quantitative estimate of drug-likeness (QED) is 0.223. The Morgan fingerprint density at radius 3 is 2.96 bits per heavy atom. The fraction of sp³-hybridized carbons (Fsp3) is 0.250. The zero-order valence-electron chi connectivity index (χ0n) is 14.5. The van der Waals surface area contributed by atoms with Gasteiger partial charge < -0.3 is 10.7 Å². The molecule has 140 valence electrons. The summed E-state index contributed by atoms with van der Waals surface area (Å²) in [5.74, 6) is 11.0. The van der Waals surface area contributed by atoms with Crippen molar-refractivity contribution in [1.29, 1.82) is 0 Å². The highest BCUT2D eigenvalue weighted by molar-refractivity contribution is 9.10. The molecule has 1 unspecified atom stereocenters. The highest BCUT2D eigenvalue weighted by Gasteiger charge is 2.31. The van der Waals surface area contributed by atoms with Crippen LogP contribution in [0.5, 0.6) is 0 Å². The second-order valence-corrected chi connectivity index (χ2v) is 7.19. The molecule has 0 aromatic carbocycles. The molecule has 27 heavy (non-hydrogen) atoms. The summed E-state index contributed by atoms with van der Waals surface area (Å²) in [6.45, 7) is 2.58. The van der Waals surface area contributed by atoms with E-state index in [0.29, 0.717) is 23.8 Å². The standard InChI is InChI=1S/C16H18BrN9O/c1-9-12-8-24(16(21-18)22-19)6-10(12)2-3-25(9)15(27)13-4-14-20-5-11(17)7-26(14)23-13/h4-9H,2-3,18-19H2,1H3,(H,21,22). The van der Waals surface area contributed by atoms with Crippen LogP contribution in [0.15, 0.2) is 40.4 Å². The molecular formula is C16H18BrN9O. The zero-order valence-corrected chi connectivity index (χ0v) is 16.1. The molecule has 1 aliphatic rings. The first kappa shape index (κ1) is 17.5. The number of hydrazine groups is 1. The van der Waals surface area contributed by atoms with Crippen molar-refractivity contribution >= 4 is 33.4 Å². The maximum absolute atomic E-state index is 13.1. The third-order valence-corrected chi connectivity index (χ3v) is 5.15. The Morgan fingerprint density at radius 1 is 1.41 bits per heavy atom. The summed E-state index contributed by atoms with van der Waals surface area (Å²) in [6, 6.07) is 1.57. The Kier molecular flexibility index (Phi) is 4.32. The predicted octanol–water partition coefficient (Wildman–Crippen LogP) is 0.594. The molecule has 3 aromatic rings. The number of hydrazone groups is 1. The van der Waals surface area contributed by atoms with E-state index in [0.717, 1.165) is 22.0 Å². The van der Waals surface area contributed by atoms with Gasteiger partial charge in [0.2, 0.25) is 5.96 Å². The minimum atomic E-state index is -0.132. The SMILES string of the molecule is CC1c2cn(/C(=N/N)NN)cc2CCN1C(=O)c1cc2ncc(Br)cn2n1. The van der Waals surface area contributed by atoms with Crippen LogP contribution in [-0.4, -0.2) is 42.5 Å².